The first-order valence-corrected chi connectivity index (χ1v) is 10.5. The van der Waals surface area contributed by atoms with Crippen LogP contribution in [-0.4, -0.2) is 70.4 Å². The van der Waals surface area contributed by atoms with Gasteiger partial charge in [0.25, 0.3) is 0 Å². The maximum absolute atomic E-state index is 4.50. The fraction of sp³-hybridized carbons (Fsp3) is 1.00. The number of halogens is 2. The van der Waals surface area contributed by atoms with Gasteiger partial charge in [0, 0.05) is 0 Å². The van der Waals surface area contributed by atoms with Crippen molar-refractivity contribution in [2.24, 2.45) is 5.73 Å². The second kappa shape index (κ2) is 26.3. The third kappa shape index (κ3) is 33.0. The highest BCUT2D eigenvalue weighted by Gasteiger charge is 2.24. The average Bonchev–Trinajstić information content (AvgIpc) is 2.54. The van der Waals surface area contributed by atoms with E-state index in [9.17, 15) is 0 Å². The predicted molar refractivity (Wildman–Crippen MR) is 113 cm³/mol. The molecule has 0 aromatic carbocycles. The molecule has 0 atom stereocenters. The van der Waals surface area contributed by atoms with Crippen LogP contribution in [0.15, 0.2) is 0 Å². The predicted octanol–water partition coefficient (Wildman–Crippen LogP) is -1.09. The fourth-order valence-corrected chi connectivity index (χ4v) is 2.64. The lowest BCUT2D eigenvalue weighted by Crippen LogP contribution is -3.00. The Hall–Kier alpha value is 1.34. The van der Waals surface area contributed by atoms with Crippen molar-refractivity contribution in [3.63, 3.8) is 0 Å². The van der Waals surface area contributed by atoms with E-state index in [2.05, 4.69) is 61.6 Å². The lowest BCUT2D eigenvalue weighted by molar-refractivity contribution is -0.929. The Balaban J connectivity index is -0.000000141. The zero-order valence-electron chi connectivity index (χ0n) is 19.7. The molecule has 0 aliphatic carbocycles. The Bertz CT molecular complexity index is 188. The highest BCUT2D eigenvalue weighted by molar-refractivity contribution is 4.49. The maximum Gasteiger partial charge on any atom is 0.0786 e. The number of unbranched alkanes of at least 4 members (excludes halogenated alkanes) is 4. The van der Waals surface area contributed by atoms with Crippen LogP contribution in [0.2, 0.25) is 0 Å². The van der Waals surface area contributed by atoms with Gasteiger partial charge in [-0.2, -0.15) is 0 Å². The zero-order chi connectivity index (χ0) is 19.5. The minimum atomic E-state index is 0. The Morgan fingerprint density at radius 2 is 0.654 bits per heavy atom. The van der Waals surface area contributed by atoms with Gasteiger partial charge in [0.2, 0.25) is 0 Å². The fourth-order valence-electron chi connectivity index (χ4n) is 2.64. The number of hydrogen-bond donors (Lipinski definition) is 1. The topological polar surface area (TPSA) is 26.0 Å². The molecule has 0 aliphatic heterocycles. The summed E-state index contributed by atoms with van der Waals surface area (Å²) in [4.78, 5) is 0. The molecule has 0 fully saturated rings. The molecular formula is C21H53I2N3. The molecule has 5 heteroatoms. The van der Waals surface area contributed by atoms with Gasteiger partial charge in [-0.05, 0) is 32.7 Å². The molecule has 0 spiro atoms. The van der Waals surface area contributed by atoms with Gasteiger partial charge in [-0.3, -0.25) is 0 Å². The van der Waals surface area contributed by atoms with Crippen molar-refractivity contribution in [2.75, 3.05) is 61.4 Å². The van der Waals surface area contributed by atoms with Gasteiger partial charge < -0.3 is 62.7 Å². The van der Waals surface area contributed by atoms with Crippen LogP contribution in [0.5, 0.6) is 0 Å². The normalized spacial score (nSPS) is 10.4. The Labute approximate surface area is 202 Å². The van der Waals surface area contributed by atoms with Crippen LogP contribution in [0.25, 0.3) is 0 Å². The van der Waals surface area contributed by atoms with Crippen LogP contribution in [0.1, 0.15) is 79.1 Å². The number of nitrogens with two attached hydrogens (primary N) is 1. The smallest absolute Gasteiger partial charge is 0.0786 e. The number of quaternary nitrogens is 2. The molecular weight excluding hydrogens is 548 g/mol. The third-order valence-electron chi connectivity index (χ3n) is 3.94. The molecule has 0 heterocycles. The van der Waals surface area contributed by atoms with Crippen molar-refractivity contribution in [2.45, 2.75) is 79.1 Å². The van der Waals surface area contributed by atoms with E-state index >= 15 is 0 Å². The molecule has 0 saturated carbocycles. The molecule has 26 heavy (non-hydrogen) atoms. The van der Waals surface area contributed by atoms with Crippen molar-refractivity contribution in [1.29, 1.82) is 0 Å². The summed E-state index contributed by atoms with van der Waals surface area (Å²) in [7, 11) is 10.0. The third-order valence-corrected chi connectivity index (χ3v) is 3.94. The summed E-state index contributed by atoms with van der Waals surface area (Å²) in [5.41, 5.74) is 4.50. The molecule has 0 amide bonds. The summed E-state index contributed by atoms with van der Waals surface area (Å²) in [5, 5.41) is 0. The lowest BCUT2D eigenvalue weighted by atomic mass is 10.1. The summed E-state index contributed by atoms with van der Waals surface area (Å²) in [6, 6.07) is 0. The van der Waals surface area contributed by atoms with Crippen LogP contribution in [-0.2, 0) is 0 Å². The molecule has 0 unspecified atom stereocenters. The first-order chi connectivity index (χ1) is 11.2. The van der Waals surface area contributed by atoms with Gasteiger partial charge in [-0.15, -0.1) is 0 Å². The minimum Gasteiger partial charge on any atom is -1.00 e. The molecule has 0 rings (SSSR count). The maximum atomic E-state index is 4.50. The highest BCUT2D eigenvalue weighted by atomic mass is 127. The summed E-state index contributed by atoms with van der Waals surface area (Å²) >= 11 is 0. The van der Waals surface area contributed by atoms with E-state index in [4.69, 9.17) is 0 Å². The minimum absolute atomic E-state index is 0. The summed E-state index contributed by atoms with van der Waals surface area (Å²) in [6.45, 7) is 15.0. The average molecular weight is 601 g/mol. The zero-order valence-corrected chi connectivity index (χ0v) is 24.0. The summed E-state index contributed by atoms with van der Waals surface area (Å²) < 4.78 is 2.42. The first-order valence-electron chi connectivity index (χ1n) is 10.5. The monoisotopic (exact) mass is 601 g/mol. The van der Waals surface area contributed by atoms with Crippen molar-refractivity contribution in [3.05, 3.63) is 0 Å². The van der Waals surface area contributed by atoms with Crippen LogP contribution in [0, 0.1) is 0 Å². The standard InChI is InChI=1S/C16H36N.C4H12N.CH5N.2HI/c1-5-9-13-17(14-10-6-2,15-11-7-3)16-12-8-4;1-5(2,3)4;1-2;;/h5-16H2,1-4H3;1-4H3;2H2,1H3;2*1H/q2*+1;;;/p-2. The van der Waals surface area contributed by atoms with Crippen LogP contribution < -0.4 is 53.7 Å². The molecule has 3 nitrogen and oxygen atoms in total. The van der Waals surface area contributed by atoms with Gasteiger partial charge in [0.05, 0.1) is 54.4 Å². The number of hydrogen-bond acceptors (Lipinski definition) is 1. The van der Waals surface area contributed by atoms with Gasteiger partial charge in [0.15, 0.2) is 0 Å². The van der Waals surface area contributed by atoms with Crippen LogP contribution >= 0.6 is 0 Å². The summed E-state index contributed by atoms with van der Waals surface area (Å²) in [6.07, 6.45) is 11.1. The van der Waals surface area contributed by atoms with E-state index in [0.29, 0.717) is 0 Å². The molecule has 0 saturated heterocycles. The molecule has 2 N–H and O–H groups in total. The van der Waals surface area contributed by atoms with Crippen molar-refractivity contribution < 1.29 is 56.9 Å². The van der Waals surface area contributed by atoms with Crippen molar-refractivity contribution in [3.8, 4) is 0 Å². The summed E-state index contributed by atoms with van der Waals surface area (Å²) in [5.74, 6) is 0. The molecule has 0 radical (unpaired) electrons. The van der Waals surface area contributed by atoms with Crippen molar-refractivity contribution >= 4 is 0 Å². The molecule has 0 aliphatic rings. The quantitative estimate of drug-likeness (QED) is 0.224. The Kier molecular flexibility index (Phi) is 38.5. The van der Waals surface area contributed by atoms with Crippen LogP contribution in [0.4, 0.5) is 0 Å². The molecule has 0 aromatic heterocycles. The lowest BCUT2D eigenvalue weighted by Gasteiger charge is -2.39. The SMILES string of the molecule is CCCC[N+](CCCC)(CCCC)CCCC.CN.C[N+](C)(C)C.[I-].[I-]. The van der Waals surface area contributed by atoms with E-state index in [-0.39, 0.29) is 48.0 Å². The second-order valence-electron chi connectivity index (χ2n) is 8.33. The van der Waals surface area contributed by atoms with Crippen molar-refractivity contribution in [1.82, 2.24) is 0 Å². The molecule has 0 aromatic rings. The van der Waals surface area contributed by atoms with E-state index in [1.54, 1.807) is 0 Å². The first kappa shape index (κ1) is 38.0. The largest absolute Gasteiger partial charge is 1.00 e. The van der Waals surface area contributed by atoms with Gasteiger partial charge >= 0.3 is 0 Å². The van der Waals surface area contributed by atoms with E-state index in [1.165, 1.54) is 89.1 Å². The second-order valence-corrected chi connectivity index (χ2v) is 8.33. The number of nitrogens with zero attached hydrogens (tertiary/aromatic N) is 2. The number of rotatable bonds is 12. The van der Waals surface area contributed by atoms with Gasteiger partial charge in [-0.1, -0.05) is 53.4 Å². The molecule has 0 bridgehead atoms. The highest BCUT2D eigenvalue weighted by Crippen LogP contribution is 2.16. The Morgan fingerprint density at radius 1 is 0.500 bits per heavy atom. The van der Waals surface area contributed by atoms with E-state index in [1.807, 2.05) is 0 Å². The Morgan fingerprint density at radius 3 is 0.769 bits per heavy atom. The molecule has 166 valence electrons. The van der Waals surface area contributed by atoms with E-state index < -0.39 is 0 Å². The van der Waals surface area contributed by atoms with Crippen LogP contribution in [0.3, 0.4) is 0 Å². The van der Waals surface area contributed by atoms with Gasteiger partial charge in [0.1, 0.15) is 0 Å². The van der Waals surface area contributed by atoms with E-state index in [0.717, 1.165) is 4.48 Å². The van der Waals surface area contributed by atoms with Gasteiger partial charge in [-0.25, -0.2) is 0 Å².